The van der Waals surface area contributed by atoms with E-state index >= 15 is 0 Å². The molecule has 0 saturated heterocycles. The highest BCUT2D eigenvalue weighted by molar-refractivity contribution is 5.95. The first-order valence-electron chi connectivity index (χ1n) is 19.4. The van der Waals surface area contributed by atoms with Gasteiger partial charge in [-0.2, -0.15) is 0 Å². The van der Waals surface area contributed by atoms with Gasteiger partial charge in [0.05, 0.1) is 17.4 Å². The molecule has 0 radical (unpaired) electrons. The van der Waals surface area contributed by atoms with Crippen molar-refractivity contribution in [3.05, 3.63) is 22.9 Å². The van der Waals surface area contributed by atoms with E-state index in [1.54, 1.807) is 13.8 Å². The third-order valence-electron chi connectivity index (χ3n) is 15.2. The summed E-state index contributed by atoms with van der Waals surface area (Å²) < 4.78 is 11.9. The van der Waals surface area contributed by atoms with Gasteiger partial charge in [0.15, 0.2) is 0 Å². The summed E-state index contributed by atoms with van der Waals surface area (Å²) in [4.78, 5) is 52.5. The van der Waals surface area contributed by atoms with Gasteiger partial charge in [-0.25, -0.2) is 0 Å². The van der Waals surface area contributed by atoms with Crippen LogP contribution in [0.4, 0.5) is 0 Å². The van der Waals surface area contributed by atoms with Crippen molar-refractivity contribution in [2.75, 3.05) is 0 Å². The molecule has 51 heavy (non-hydrogen) atoms. The van der Waals surface area contributed by atoms with E-state index in [2.05, 4.69) is 64.0 Å². The van der Waals surface area contributed by atoms with Crippen molar-refractivity contribution < 1.29 is 33.4 Å². The number of ether oxygens (including phenoxy) is 1. The maximum atomic E-state index is 14.0. The van der Waals surface area contributed by atoms with Crippen LogP contribution in [0.1, 0.15) is 163 Å². The second kappa shape index (κ2) is 12.3. The summed E-state index contributed by atoms with van der Waals surface area (Å²) in [5, 5.41) is 21.1. The van der Waals surface area contributed by atoms with Crippen molar-refractivity contribution in [3.63, 3.8) is 0 Å². The van der Waals surface area contributed by atoms with Crippen LogP contribution in [0.3, 0.4) is 0 Å². The average molecular weight is 708 g/mol. The van der Waals surface area contributed by atoms with Crippen molar-refractivity contribution in [2.45, 2.75) is 158 Å². The van der Waals surface area contributed by atoms with Gasteiger partial charge in [-0.3, -0.25) is 19.2 Å². The number of amides is 1. The fourth-order valence-electron chi connectivity index (χ4n) is 12.3. The van der Waals surface area contributed by atoms with E-state index < -0.39 is 28.8 Å². The van der Waals surface area contributed by atoms with Crippen molar-refractivity contribution in [1.29, 1.82) is 0 Å². The topological polar surface area (TPSA) is 149 Å². The van der Waals surface area contributed by atoms with Gasteiger partial charge in [0, 0.05) is 23.7 Å². The molecular formula is C41H61N3O7. The first-order valence-corrected chi connectivity index (χ1v) is 19.4. The smallest absolute Gasteiger partial charge is 0.309 e. The number of rotatable bonds is 8. The Morgan fingerprint density at radius 2 is 1.65 bits per heavy atom. The Bertz CT molecular complexity index is 1650. The SMILES string of the molecule is CC(C)c1nnc(C(=O)N[C@@]23CC[C@]4(C)C(=C2C(C(C)C)C(=O)C3)CCC2[C@@]3(C)CC[C@H](OC(=O)CC(C)(C)C(=O)O)C(C)(C)C3CC[C@]24C)o1. The minimum absolute atomic E-state index is 0.00315. The van der Waals surface area contributed by atoms with Crippen LogP contribution in [-0.2, 0) is 19.1 Å². The molecule has 2 N–H and O–H groups in total. The predicted octanol–water partition coefficient (Wildman–Crippen LogP) is 8.07. The van der Waals surface area contributed by atoms with Crippen LogP contribution in [0.5, 0.6) is 0 Å². The van der Waals surface area contributed by atoms with Crippen LogP contribution in [0.2, 0.25) is 0 Å². The van der Waals surface area contributed by atoms with Gasteiger partial charge in [-0.1, -0.05) is 67.9 Å². The summed E-state index contributed by atoms with van der Waals surface area (Å²) in [5.74, 6) is -0.636. The van der Waals surface area contributed by atoms with Crippen LogP contribution in [-0.4, -0.2) is 50.6 Å². The number of hydrogen-bond donors (Lipinski definition) is 2. The zero-order valence-electron chi connectivity index (χ0n) is 32.8. The summed E-state index contributed by atoms with van der Waals surface area (Å²) in [6, 6.07) is 0. The number of nitrogens with one attached hydrogen (secondary N) is 1. The van der Waals surface area contributed by atoms with Gasteiger partial charge >= 0.3 is 23.7 Å². The van der Waals surface area contributed by atoms with E-state index in [0.29, 0.717) is 30.6 Å². The van der Waals surface area contributed by atoms with E-state index in [1.807, 2.05) is 13.8 Å². The Kier molecular flexibility index (Phi) is 9.06. The number of Topliss-reactive ketones (excluding diaryl/α,β-unsaturated/α-hetero) is 1. The Labute approximate surface area is 303 Å². The van der Waals surface area contributed by atoms with E-state index in [9.17, 15) is 24.3 Å². The molecule has 1 amide bonds. The minimum Gasteiger partial charge on any atom is -0.481 e. The predicted molar refractivity (Wildman–Crippen MR) is 191 cm³/mol. The Balaban J connectivity index is 1.32. The first kappa shape index (κ1) is 37.7. The van der Waals surface area contributed by atoms with Gasteiger partial charge in [-0.15, -0.1) is 10.2 Å². The molecule has 1 heterocycles. The number of carbonyl (C=O) groups excluding carboxylic acids is 3. The van der Waals surface area contributed by atoms with Crippen LogP contribution in [0.15, 0.2) is 15.6 Å². The molecule has 0 bridgehead atoms. The second-order valence-corrected chi connectivity index (χ2v) is 19.5. The average Bonchev–Trinajstić information content (AvgIpc) is 3.62. The van der Waals surface area contributed by atoms with Crippen LogP contribution >= 0.6 is 0 Å². The highest BCUT2D eigenvalue weighted by atomic mass is 16.5. The van der Waals surface area contributed by atoms with Gasteiger partial charge < -0.3 is 19.6 Å². The summed E-state index contributed by atoms with van der Waals surface area (Å²) >= 11 is 0. The summed E-state index contributed by atoms with van der Waals surface area (Å²) in [6.07, 6.45) is 7.08. The third kappa shape index (κ3) is 5.62. The van der Waals surface area contributed by atoms with E-state index in [1.165, 1.54) is 5.57 Å². The number of carbonyl (C=O) groups is 4. The molecule has 10 heteroatoms. The van der Waals surface area contributed by atoms with Gasteiger partial charge in [-0.05, 0) is 105 Å². The summed E-state index contributed by atoms with van der Waals surface area (Å²) in [5.41, 5.74) is 0.195. The number of hydrogen-bond acceptors (Lipinski definition) is 8. The molecule has 4 fully saturated rings. The fourth-order valence-corrected chi connectivity index (χ4v) is 12.3. The number of aliphatic carboxylic acids is 1. The van der Waals surface area contributed by atoms with Gasteiger partial charge in [0.25, 0.3) is 0 Å². The van der Waals surface area contributed by atoms with Crippen LogP contribution in [0.25, 0.3) is 0 Å². The molecule has 0 spiro atoms. The molecule has 8 atom stereocenters. The van der Waals surface area contributed by atoms with Crippen molar-refractivity contribution in [3.8, 4) is 0 Å². The third-order valence-corrected chi connectivity index (χ3v) is 15.2. The van der Waals surface area contributed by atoms with Crippen LogP contribution in [0, 0.1) is 50.7 Å². The van der Waals surface area contributed by atoms with Gasteiger partial charge in [0.2, 0.25) is 5.89 Å². The number of carboxylic acids is 1. The number of aromatic nitrogens is 2. The molecule has 0 aliphatic heterocycles. The molecule has 5 aliphatic rings. The highest BCUT2D eigenvalue weighted by Gasteiger charge is 2.69. The molecule has 5 aliphatic carbocycles. The number of allylic oxidation sites excluding steroid dienone is 1. The quantitative estimate of drug-likeness (QED) is 0.202. The Morgan fingerprint density at radius 1 is 0.961 bits per heavy atom. The molecule has 10 nitrogen and oxygen atoms in total. The first-order chi connectivity index (χ1) is 23.5. The molecule has 4 saturated carbocycles. The standard InChI is InChI=1S/C41H61N3O7/c1-22(2)30-25(45)20-41(42-32(47)34-44-43-33(51-34)23(3)4)19-18-39(10)24(31(30)41)12-13-27-38(9)16-15-28(50-29(46)21-36(5,6)35(48)49)37(7,8)26(38)14-17-40(27,39)11/h22-23,26-28,30H,12-21H2,1-11H3,(H,42,47)(H,48,49)/t26?,27?,28-,30?,38-,39+,40+,41+/m0/s1. The zero-order chi connectivity index (χ0) is 37.7. The Morgan fingerprint density at radius 3 is 2.25 bits per heavy atom. The highest BCUT2D eigenvalue weighted by Crippen LogP contribution is 2.75. The molecular weight excluding hydrogens is 646 g/mol. The zero-order valence-corrected chi connectivity index (χ0v) is 32.8. The number of carboxylic acid groups (broad SMARTS) is 1. The number of esters is 1. The molecule has 0 aromatic carbocycles. The van der Waals surface area contributed by atoms with E-state index in [-0.39, 0.29) is 63.6 Å². The van der Waals surface area contributed by atoms with Crippen LogP contribution < -0.4 is 5.32 Å². The lowest BCUT2D eigenvalue weighted by atomic mass is 9.34. The van der Waals surface area contributed by atoms with Gasteiger partial charge in [0.1, 0.15) is 11.9 Å². The number of ketones is 1. The molecule has 1 aromatic heterocycles. The van der Waals surface area contributed by atoms with Crippen molar-refractivity contribution in [2.24, 2.45) is 50.7 Å². The van der Waals surface area contributed by atoms with E-state index in [4.69, 9.17) is 9.15 Å². The Hall–Kier alpha value is -3.04. The minimum atomic E-state index is -1.18. The lowest BCUT2D eigenvalue weighted by Crippen LogP contribution is -2.65. The normalized spacial score (nSPS) is 37.4. The van der Waals surface area contributed by atoms with Crippen molar-refractivity contribution >= 4 is 23.6 Å². The fraction of sp³-hybridized carbons (Fsp3) is 0.805. The second-order valence-electron chi connectivity index (χ2n) is 19.5. The van der Waals surface area contributed by atoms with E-state index in [0.717, 1.165) is 50.5 Å². The maximum absolute atomic E-state index is 14.0. The lowest BCUT2D eigenvalue weighted by Gasteiger charge is -2.70. The monoisotopic (exact) mass is 707 g/mol. The molecule has 3 unspecified atom stereocenters. The van der Waals surface area contributed by atoms with Crippen molar-refractivity contribution in [1.82, 2.24) is 15.5 Å². The number of fused-ring (bicyclic) bond motifs is 6. The summed E-state index contributed by atoms with van der Waals surface area (Å²) in [7, 11) is 0. The molecule has 6 rings (SSSR count). The largest absolute Gasteiger partial charge is 0.481 e. The molecule has 1 aromatic rings. The maximum Gasteiger partial charge on any atom is 0.309 e. The lowest BCUT2D eigenvalue weighted by molar-refractivity contribution is -0.214. The molecule has 282 valence electrons. The number of nitrogens with zero attached hydrogens (tertiary/aromatic N) is 2. The summed E-state index contributed by atoms with van der Waals surface area (Å²) in [6.45, 7) is 23.2.